The van der Waals surface area contributed by atoms with Crippen molar-refractivity contribution in [2.24, 2.45) is 7.05 Å². The van der Waals surface area contributed by atoms with Crippen LogP contribution in [0.3, 0.4) is 0 Å². The second kappa shape index (κ2) is 8.32. The molecular weight excluding hydrogens is 338 g/mol. The molecule has 1 N–H and O–H groups in total. The summed E-state index contributed by atoms with van der Waals surface area (Å²) in [5.74, 6) is -0.192. The zero-order valence-corrected chi connectivity index (χ0v) is 15.4. The normalized spacial score (nSPS) is 17.0. The SMILES string of the molecule is CCc1ccc(C2CNCCN2C(=O)c2cccn(C)c2=O)cc1.Cl. The second-order valence-corrected chi connectivity index (χ2v) is 6.15. The Balaban J connectivity index is 0.00000225. The van der Waals surface area contributed by atoms with Gasteiger partial charge in [-0.3, -0.25) is 9.59 Å². The molecule has 1 amide bonds. The van der Waals surface area contributed by atoms with Gasteiger partial charge in [0.1, 0.15) is 5.56 Å². The monoisotopic (exact) mass is 361 g/mol. The standard InChI is InChI=1S/C19H23N3O2.ClH/c1-3-14-6-8-15(9-7-14)17-13-20-10-12-22(17)19(24)16-5-4-11-21(2)18(16)23;/h4-9,11,17,20H,3,10,12-13H2,1-2H3;1H. The summed E-state index contributed by atoms with van der Waals surface area (Å²) in [5, 5.41) is 3.35. The van der Waals surface area contributed by atoms with Crippen molar-refractivity contribution in [3.8, 4) is 0 Å². The first-order valence-electron chi connectivity index (χ1n) is 8.38. The number of halogens is 1. The summed E-state index contributed by atoms with van der Waals surface area (Å²) in [4.78, 5) is 27.1. The quantitative estimate of drug-likeness (QED) is 0.911. The van der Waals surface area contributed by atoms with E-state index in [0.717, 1.165) is 18.5 Å². The van der Waals surface area contributed by atoms with Crippen LogP contribution >= 0.6 is 12.4 Å². The van der Waals surface area contributed by atoms with Crippen LogP contribution in [0.15, 0.2) is 47.4 Å². The second-order valence-electron chi connectivity index (χ2n) is 6.15. The fraction of sp³-hybridized carbons (Fsp3) is 0.368. The number of nitrogens with one attached hydrogen (secondary N) is 1. The third kappa shape index (κ3) is 3.94. The molecule has 5 nitrogen and oxygen atoms in total. The smallest absolute Gasteiger partial charge is 0.263 e. The number of carbonyl (C=O) groups excluding carboxylic acids is 1. The number of aryl methyl sites for hydroxylation is 2. The number of amides is 1. The molecule has 0 spiro atoms. The molecule has 0 bridgehead atoms. The summed E-state index contributed by atoms with van der Waals surface area (Å²) >= 11 is 0. The number of carbonyl (C=O) groups is 1. The molecule has 1 unspecified atom stereocenters. The van der Waals surface area contributed by atoms with Crippen molar-refractivity contribution >= 4 is 18.3 Å². The van der Waals surface area contributed by atoms with E-state index in [0.29, 0.717) is 13.1 Å². The van der Waals surface area contributed by atoms with Crippen molar-refractivity contribution in [3.63, 3.8) is 0 Å². The summed E-state index contributed by atoms with van der Waals surface area (Å²) in [7, 11) is 1.66. The largest absolute Gasteiger partial charge is 0.329 e. The molecule has 0 radical (unpaired) electrons. The van der Waals surface area contributed by atoms with Gasteiger partial charge in [0.05, 0.1) is 6.04 Å². The molecule has 1 aliphatic heterocycles. The van der Waals surface area contributed by atoms with Crippen LogP contribution in [0.5, 0.6) is 0 Å². The average molecular weight is 362 g/mol. The summed E-state index contributed by atoms with van der Waals surface area (Å²) in [5.41, 5.74) is 2.36. The lowest BCUT2D eigenvalue weighted by Crippen LogP contribution is -2.49. The molecule has 0 aliphatic carbocycles. The van der Waals surface area contributed by atoms with Crippen molar-refractivity contribution in [3.05, 3.63) is 69.6 Å². The number of hydrogen-bond acceptors (Lipinski definition) is 3. The summed E-state index contributed by atoms with van der Waals surface area (Å²) in [6.45, 7) is 4.15. The van der Waals surface area contributed by atoms with Gasteiger partial charge < -0.3 is 14.8 Å². The number of piperazine rings is 1. The molecule has 134 valence electrons. The molecule has 6 heteroatoms. The summed E-state index contributed by atoms with van der Waals surface area (Å²) < 4.78 is 1.44. The molecule has 1 fully saturated rings. The first-order chi connectivity index (χ1) is 11.6. The minimum Gasteiger partial charge on any atom is -0.329 e. The minimum absolute atomic E-state index is 0. The molecule has 25 heavy (non-hydrogen) atoms. The van der Waals surface area contributed by atoms with Gasteiger partial charge >= 0.3 is 0 Å². The van der Waals surface area contributed by atoms with Crippen molar-refractivity contribution in [1.29, 1.82) is 0 Å². The number of aromatic nitrogens is 1. The van der Waals surface area contributed by atoms with Gasteiger partial charge in [-0.1, -0.05) is 31.2 Å². The Morgan fingerprint density at radius 1 is 1.24 bits per heavy atom. The van der Waals surface area contributed by atoms with Gasteiger partial charge in [-0.15, -0.1) is 12.4 Å². The van der Waals surface area contributed by atoms with Gasteiger partial charge in [-0.05, 0) is 29.7 Å². The van der Waals surface area contributed by atoms with E-state index in [9.17, 15) is 9.59 Å². The highest BCUT2D eigenvalue weighted by atomic mass is 35.5. The highest BCUT2D eigenvalue weighted by Gasteiger charge is 2.29. The number of benzene rings is 1. The van der Waals surface area contributed by atoms with Gasteiger partial charge in [-0.2, -0.15) is 0 Å². The van der Waals surface area contributed by atoms with E-state index in [-0.39, 0.29) is 35.5 Å². The van der Waals surface area contributed by atoms with Gasteiger partial charge in [0.2, 0.25) is 0 Å². The van der Waals surface area contributed by atoms with Crippen molar-refractivity contribution in [1.82, 2.24) is 14.8 Å². The molecule has 1 aromatic carbocycles. The van der Waals surface area contributed by atoms with Crippen LogP contribution < -0.4 is 10.9 Å². The van der Waals surface area contributed by atoms with E-state index in [2.05, 4.69) is 36.5 Å². The third-order valence-corrected chi connectivity index (χ3v) is 4.63. The fourth-order valence-corrected chi connectivity index (χ4v) is 3.14. The Kier molecular flexibility index (Phi) is 6.39. The van der Waals surface area contributed by atoms with Crippen molar-refractivity contribution in [2.45, 2.75) is 19.4 Å². The highest BCUT2D eigenvalue weighted by Crippen LogP contribution is 2.24. The molecule has 1 atom stereocenters. The number of pyridine rings is 1. The topological polar surface area (TPSA) is 54.3 Å². The Morgan fingerprint density at radius 3 is 2.64 bits per heavy atom. The Labute approximate surface area is 154 Å². The summed E-state index contributed by atoms with van der Waals surface area (Å²) in [6.07, 6.45) is 2.66. The van der Waals surface area contributed by atoms with Gasteiger partial charge in [0, 0.05) is 32.9 Å². The molecule has 1 aromatic heterocycles. The lowest BCUT2D eigenvalue weighted by atomic mass is 10.00. The first kappa shape index (κ1) is 19.2. The van der Waals surface area contributed by atoms with Crippen LogP contribution in [0.25, 0.3) is 0 Å². The maximum absolute atomic E-state index is 13.0. The van der Waals surface area contributed by atoms with Crippen LogP contribution in [-0.2, 0) is 13.5 Å². The summed E-state index contributed by atoms with van der Waals surface area (Å²) in [6, 6.07) is 11.7. The number of rotatable bonds is 3. The Morgan fingerprint density at radius 2 is 1.96 bits per heavy atom. The average Bonchev–Trinajstić information content (AvgIpc) is 2.63. The number of nitrogens with zero attached hydrogens (tertiary/aromatic N) is 2. The van der Waals surface area contributed by atoms with Gasteiger partial charge in [0.25, 0.3) is 11.5 Å². The van der Waals surface area contributed by atoms with Gasteiger partial charge in [0.15, 0.2) is 0 Å². The maximum Gasteiger partial charge on any atom is 0.263 e. The van der Waals surface area contributed by atoms with Crippen LogP contribution in [-0.4, -0.2) is 35.0 Å². The van der Waals surface area contributed by atoms with Crippen LogP contribution in [0.4, 0.5) is 0 Å². The van der Waals surface area contributed by atoms with E-state index in [1.54, 1.807) is 25.4 Å². The van der Waals surface area contributed by atoms with E-state index in [1.165, 1.54) is 10.1 Å². The molecule has 3 rings (SSSR count). The van der Waals surface area contributed by atoms with Crippen molar-refractivity contribution < 1.29 is 4.79 Å². The molecule has 1 saturated heterocycles. The van der Waals surface area contributed by atoms with E-state index >= 15 is 0 Å². The molecule has 2 aromatic rings. The maximum atomic E-state index is 13.0. The lowest BCUT2D eigenvalue weighted by Gasteiger charge is -2.36. The molecule has 2 heterocycles. The fourth-order valence-electron chi connectivity index (χ4n) is 3.14. The van der Waals surface area contributed by atoms with Crippen LogP contribution in [0, 0.1) is 0 Å². The van der Waals surface area contributed by atoms with Crippen LogP contribution in [0.1, 0.15) is 34.5 Å². The van der Waals surface area contributed by atoms with E-state index in [1.807, 2.05) is 4.90 Å². The van der Waals surface area contributed by atoms with Gasteiger partial charge in [-0.25, -0.2) is 0 Å². The van der Waals surface area contributed by atoms with E-state index in [4.69, 9.17) is 0 Å². The highest BCUT2D eigenvalue weighted by molar-refractivity contribution is 5.94. The predicted octanol–water partition coefficient (Wildman–Crippen LogP) is 2.16. The van der Waals surface area contributed by atoms with E-state index < -0.39 is 0 Å². The predicted molar refractivity (Wildman–Crippen MR) is 101 cm³/mol. The third-order valence-electron chi connectivity index (χ3n) is 4.63. The Bertz CT molecular complexity index is 786. The number of hydrogen-bond donors (Lipinski definition) is 1. The van der Waals surface area contributed by atoms with Crippen LogP contribution in [0.2, 0.25) is 0 Å². The van der Waals surface area contributed by atoms with Crippen molar-refractivity contribution in [2.75, 3.05) is 19.6 Å². The molecule has 0 saturated carbocycles. The zero-order chi connectivity index (χ0) is 17.1. The molecule has 1 aliphatic rings. The lowest BCUT2D eigenvalue weighted by molar-refractivity contribution is 0.0632. The first-order valence-corrected chi connectivity index (χ1v) is 8.38. The Hall–Kier alpha value is -2.11. The zero-order valence-electron chi connectivity index (χ0n) is 14.6. The minimum atomic E-state index is -0.249. The molecular formula is C19H24ClN3O2.